The van der Waals surface area contributed by atoms with Crippen molar-refractivity contribution in [2.75, 3.05) is 6.54 Å². The molecule has 0 spiro atoms. The number of nitrogens with zero attached hydrogens (tertiary/aromatic N) is 1. The molecule has 48 valence electrons. The van der Waals surface area contributed by atoms with Gasteiger partial charge in [-0.15, -0.1) is 0 Å². The molecular formula is C6H10NOTl. The number of aldehydes is 1. The molecule has 1 rings (SSSR count). The van der Waals surface area contributed by atoms with Crippen LogP contribution in [0.25, 0.3) is 0 Å². The van der Waals surface area contributed by atoms with Crippen LogP contribution in [0.4, 0.5) is 0 Å². The Kier molecular flexibility index (Phi) is 3.11. The summed E-state index contributed by atoms with van der Waals surface area (Å²) in [4.78, 5) is 10.4. The third-order valence-electron chi connectivity index (χ3n) is 1.75. The van der Waals surface area contributed by atoms with Crippen molar-refractivity contribution >= 4 is 32.4 Å². The Morgan fingerprint density at radius 2 is 2.33 bits per heavy atom. The molecule has 1 aliphatic rings. The number of carbonyl (C=O) groups excluding carboxylic acids is 1. The SMILES string of the molecule is O=C[C@H]1CCCC[N]1[Tl]. The summed E-state index contributed by atoms with van der Waals surface area (Å²) in [5.74, 6) is 0. The molecule has 0 amide bonds. The van der Waals surface area contributed by atoms with Crippen molar-refractivity contribution in [2.24, 2.45) is 0 Å². The summed E-state index contributed by atoms with van der Waals surface area (Å²) >= 11 is 0.852. The number of carbonyl (C=O) groups is 1. The van der Waals surface area contributed by atoms with Gasteiger partial charge < -0.3 is 0 Å². The van der Waals surface area contributed by atoms with Gasteiger partial charge in [-0.05, 0) is 0 Å². The summed E-state index contributed by atoms with van der Waals surface area (Å²) in [6.45, 7) is 1.16. The van der Waals surface area contributed by atoms with Gasteiger partial charge in [0.1, 0.15) is 0 Å². The van der Waals surface area contributed by atoms with E-state index in [1.165, 1.54) is 12.8 Å². The van der Waals surface area contributed by atoms with E-state index in [9.17, 15) is 4.79 Å². The number of hydrogen-bond acceptors (Lipinski definition) is 2. The molecule has 0 saturated carbocycles. The van der Waals surface area contributed by atoms with Crippen LogP contribution < -0.4 is 0 Å². The summed E-state index contributed by atoms with van der Waals surface area (Å²) in [7, 11) is 0. The van der Waals surface area contributed by atoms with Gasteiger partial charge in [-0.1, -0.05) is 0 Å². The Bertz CT molecular complexity index is 107. The first-order chi connectivity index (χ1) is 4.34. The third kappa shape index (κ3) is 2.00. The molecule has 0 N–H and O–H groups in total. The molecule has 3 heteroatoms. The van der Waals surface area contributed by atoms with Crippen LogP contribution in [0, 0.1) is 0 Å². The zero-order valence-corrected chi connectivity index (χ0v) is 9.90. The van der Waals surface area contributed by atoms with Crippen molar-refractivity contribution < 1.29 is 4.79 Å². The molecule has 0 aliphatic carbocycles. The molecule has 0 aromatic carbocycles. The van der Waals surface area contributed by atoms with Crippen molar-refractivity contribution in [1.82, 2.24) is 2.71 Å². The van der Waals surface area contributed by atoms with E-state index in [4.69, 9.17) is 0 Å². The van der Waals surface area contributed by atoms with Crippen LogP contribution in [0.3, 0.4) is 0 Å². The van der Waals surface area contributed by atoms with E-state index in [1.807, 2.05) is 0 Å². The second-order valence-electron chi connectivity index (χ2n) is 2.44. The molecule has 0 aromatic rings. The summed E-state index contributed by atoms with van der Waals surface area (Å²) in [6.07, 6.45) is 4.73. The van der Waals surface area contributed by atoms with Gasteiger partial charge in [-0.3, -0.25) is 0 Å². The van der Waals surface area contributed by atoms with Gasteiger partial charge in [0.25, 0.3) is 0 Å². The second-order valence-corrected chi connectivity index (χ2v) is 5.02. The minimum atomic E-state index is 0.281. The van der Waals surface area contributed by atoms with E-state index in [0.717, 1.165) is 45.3 Å². The van der Waals surface area contributed by atoms with E-state index in [-0.39, 0.29) is 6.04 Å². The molecule has 0 unspecified atom stereocenters. The van der Waals surface area contributed by atoms with Gasteiger partial charge in [0.2, 0.25) is 0 Å². The van der Waals surface area contributed by atoms with Gasteiger partial charge in [-0.25, -0.2) is 0 Å². The Hall–Kier alpha value is 0.552. The molecule has 1 fully saturated rings. The average molecular weight is 317 g/mol. The first-order valence-corrected chi connectivity index (χ1v) is 5.32. The van der Waals surface area contributed by atoms with Gasteiger partial charge in [-0.2, -0.15) is 0 Å². The fourth-order valence-corrected chi connectivity index (χ4v) is 2.69. The summed E-state index contributed by atoms with van der Waals surface area (Å²) < 4.78 is 2.29. The van der Waals surface area contributed by atoms with Crippen LogP contribution in [0.15, 0.2) is 0 Å². The van der Waals surface area contributed by atoms with Crippen LogP contribution in [0.2, 0.25) is 0 Å². The first-order valence-electron chi connectivity index (χ1n) is 3.31. The van der Waals surface area contributed by atoms with E-state index >= 15 is 0 Å². The number of piperidine rings is 1. The summed E-state index contributed by atoms with van der Waals surface area (Å²) in [5, 5.41) is 0. The van der Waals surface area contributed by atoms with Gasteiger partial charge in [0, 0.05) is 0 Å². The van der Waals surface area contributed by atoms with Crippen LogP contribution in [-0.2, 0) is 4.79 Å². The fraction of sp³-hybridized carbons (Fsp3) is 0.833. The van der Waals surface area contributed by atoms with Gasteiger partial charge in [0.15, 0.2) is 0 Å². The topological polar surface area (TPSA) is 20.3 Å². The van der Waals surface area contributed by atoms with Crippen molar-refractivity contribution in [3.63, 3.8) is 0 Å². The summed E-state index contributed by atoms with van der Waals surface area (Å²) in [6, 6.07) is 0.281. The second kappa shape index (κ2) is 3.65. The quantitative estimate of drug-likeness (QED) is 0.506. The van der Waals surface area contributed by atoms with E-state index in [2.05, 4.69) is 2.71 Å². The predicted molar refractivity (Wildman–Crippen MR) is 36.2 cm³/mol. The van der Waals surface area contributed by atoms with Crippen LogP contribution in [-0.4, -0.2) is 47.6 Å². The molecular weight excluding hydrogens is 306 g/mol. The Labute approximate surface area is 71.7 Å². The van der Waals surface area contributed by atoms with E-state index in [1.54, 1.807) is 0 Å². The van der Waals surface area contributed by atoms with Crippen LogP contribution in [0.1, 0.15) is 19.3 Å². The van der Waals surface area contributed by atoms with Crippen molar-refractivity contribution in [3.05, 3.63) is 0 Å². The average Bonchev–Trinajstić information content (AvgIpc) is 1.89. The predicted octanol–water partition coefficient (Wildman–Crippen LogP) is 0.123. The Morgan fingerprint density at radius 3 is 2.78 bits per heavy atom. The monoisotopic (exact) mass is 317 g/mol. The van der Waals surface area contributed by atoms with Crippen molar-refractivity contribution in [1.29, 1.82) is 0 Å². The molecule has 1 atom stereocenters. The molecule has 9 heavy (non-hydrogen) atoms. The molecule has 1 aliphatic heterocycles. The maximum absolute atomic E-state index is 10.4. The molecule has 0 radical (unpaired) electrons. The molecule has 1 heterocycles. The Morgan fingerprint density at radius 1 is 1.56 bits per heavy atom. The van der Waals surface area contributed by atoms with Crippen molar-refractivity contribution in [3.8, 4) is 0 Å². The Balaban J connectivity index is 2.38. The zero-order chi connectivity index (χ0) is 6.69. The van der Waals surface area contributed by atoms with Gasteiger partial charge >= 0.3 is 71.7 Å². The third-order valence-corrected chi connectivity index (χ3v) is 4.24. The van der Waals surface area contributed by atoms with E-state index in [0.29, 0.717) is 0 Å². The maximum atomic E-state index is 10.4. The molecule has 1 saturated heterocycles. The fourth-order valence-electron chi connectivity index (χ4n) is 1.13. The number of rotatable bonds is 1. The molecule has 0 bridgehead atoms. The van der Waals surface area contributed by atoms with Crippen LogP contribution in [0.5, 0.6) is 0 Å². The molecule has 0 aromatic heterocycles. The minimum absolute atomic E-state index is 0.281. The van der Waals surface area contributed by atoms with Gasteiger partial charge in [0.05, 0.1) is 0 Å². The summed E-state index contributed by atoms with van der Waals surface area (Å²) in [5.41, 5.74) is 0. The number of hydrogen-bond donors (Lipinski definition) is 0. The molecule has 2 nitrogen and oxygen atoms in total. The van der Waals surface area contributed by atoms with Crippen LogP contribution >= 0.6 is 0 Å². The zero-order valence-electron chi connectivity index (χ0n) is 5.42. The first kappa shape index (κ1) is 7.66. The van der Waals surface area contributed by atoms with Crippen molar-refractivity contribution in [2.45, 2.75) is 25.3 Å². The normalized spacial score (nSPS) is 29.9. The standard InChI is InChI=1S/C6H10NO.Tl/c8-5-6-3-1-2-4-7-6;/h5-6H,1-4H2;/q-1;+1/t6-;/m1./s1. The van der Waals surface area contributed by atoms with E-state index < -0.39 is 0 Å².